The maximum Gasteiger partial charge on any atom is 0.0745 e. The fourth-order valence-corrected chi connectivity index (χ4v) is 1.05. The fourth-order valence-electron chi connectivity index (χ4n) is 1.05. The monoisotopic (exact) mass is 280 g/mol. The van der Waals surface area contributed by atoms with E-state index in [4.69, 9.17) is 9.47 Å². The third-order valence-electron chi connectivity index (χ3n) is 1.73. The largest absolute Gasteiger partial charge is 0.748 e. The molecule has 0 amide bonds. The first kappa shape index (κ1) is 14.2. The number of methoxy groups -OCH3 is 2. The van der Waals surface area contributed by atoms with Crippen LogP contribution in [0.15, 0.2) is 48.5 Å². The van der Waals surface area contributed by atoms with Crippen molar-refractivity contribution in [2.75, 3.05) is 14.2 Å². The summed E-state index contributed by atoms with van der Waals surface area (Å²) in [5.74, 6) is 1.58. The molecule has 0 heterocycles. The average Bonchev–Trinajstić information content (AvgIpc) is 2.91. The van der Waals surface area contributed by atoms with E-state index in [2.05, 4.69) is 0 Å². The van der Waals surface area contributed by atoms with E-state index in [-0.39, 0.29) is 26.2 Å². The molecule has 0 aromatic heterocycles. The Hall–Kier alpha value is -0.817. The predicted molar refractivity (Wildman–Crippen MR) is 57.2 cm³/mol. The Bertz CT molecular complexity index is 289. The summed E-state index contributed by atoms with van der Waals surface area (Å²) in [7, 11) is 3.25. The van der Waals surface area contributed by atoms with Crippen LogP contribution in [0.4, 0.5) is 0 Å². The van der Waals surface area contributed by atoms with Gasteiger partial charge in [-0.2, -0.15) is 6.07 Å². The first-order chi connectivity index (χ1) is 6.88. The summed E-state index contributed by atoms with van der Waals surface area (Å²) in [6.07, 6.45) is 0. The molecule has 0 saturated heterocycles. The summed E-state index contributed by atoms with van der Waals surface area (Å²) in [5, 5.41) is 0. The molecule has 2 rings (SSSR count). The van der Waals surface area contributed by atoms with Gasteiger partial charge in [-0.3, -0.25) is 0 Å². The molecule has 0 unspecified atom stereocenters. The van der Waals surface area contributed by atoms with Crippen LogP contribution in [0.1, 0.15) is 0 Å². The van der Waals surface area contributed by atoms with Crippen LogP contribution in [0.5, 0.6) is 11.5 Å². The van der Waals surface area contributed by atoms with Crippen molar-refractivity contribution in [1.82, 2.24) is 0 Å². The van der Waals surface area contributed by atoms with Gasteiger partial charge < -0.3 is 39.8 Å². The summed E-state index contributed by atoms with van der Waals surface area (Å²) in [6.45, 7) is 0. The van der Waals surface area contributed by atoms with E-state index in [0.717, 1.165) is 11.5 Å². The van der Waals surface area contributed by atoms with E-state index in [9.17, 15) is 0 Å². The zero-order chi connectivity index (χ0) is 10.2. The predicted octanol–water partition coefficient (Wildman–Crippen LogP) is 2.83. The van der Waals surface area contributed by atoms with Crippen LogP contribution in [-0.4, -0.2) is 14.2 Å². The summed E-state index contributed by atoms with van der Waals surface area (Å²) >= 11 is 0. The third kappa shape index (κ3) is 4.99. The molecular weight excluding hydrogens is 267 g/mol. The van der Waals surface area contributed by atoms with Crippen molar-refractivity contribution >= 4 is 0 Å². The van der Waals surface area contributed by atoms with Gasteiger partial charge in [-0.05, 0) is 0 Å². The summed E-state index contributed by atoms with van der Waals surface area (Å²) < 4.78 is 9.90. The van der Waals surface area contributed by atoms with Crippen molar-refractivity contribution in [1.29, 1.82) is 0 Å². The normalized spacial score (nSPS) is 8.13. The van der Waals surface area contributed by atoms with Crippen molar-refractivity contribution in [2.45, 2.75) is 0 Å². The van der Waals surface area contributed by atoms with Gasteiger partial charge in [-0.25, -0.2) is 6.07 Å². The van der Waals surface area contributed by atoms with Crippen molar-refractivity contribution in [2.24, 2.45) is 0 Å². The van der Waals surface area contributed by atoms with Crippen molar-refractivity contribution in [3.05, 3.63) is 48.5 Å². The van der Waals surface area contributed by atoms with Gasteiger partial charge in [-0.15, -0.1) is 6.07 Å². The number of hydrogen-bond acceptors (Lipinski definition) is 2. The van der Waals surface area contributed by atoms with Crippen LogP contribution < -0.4 is 9.47 Å². The molecule has 0 bridgehead atoms. The molecule has 0 saturated carbocycles. The number of ether oxygens (including phenoxy) is 2. The topological polar surface area (TPSA) is 18.5 Å². The van der Waals surface area contributed by atoms with Crippen LogP contribution in [0.3, 0.4) is 0 Å². The van der Waals surface area contributed by atoms with Crippen molar-refractivity contribution in [3.63, 3.8) is 0 Å². The third-order valence-corrected chi connectivity index (χ3v) is 1.73. The second-order valence-corrected chi connectivity index (χ2v) is 2.62. The van der Waals surface area contributed by atoms with E-state index >= 15 is 0 Å². The molecule has 0 radical (unpaired) electrons. The molecular formula is C12H14O2Zr-6. The zero-order valence-electron chi connectivity index (χ0n) is 8.94. The Morgan fingerprint density at radius 1 is 1.07 bits per heavy atom. The molecule has 0 aliphatic heterocycles. The maximum absolute atomic E-state index is 4.95. The van der Waals surface area contributed by atoms with Crippen LogP contribution >= 0.6 is 0 Å². The van der Waals surface area contributed by atoms with Gasteiger partial charge >= 0.3 is 0 Å². The van der Waals surface area contributed by atoms with Gasteiger partial charge in [0.1, 0.15) is 0 Å². The summed E-state index contributed by atoms with van der Waals surface area (Å²) in [6, 6.07) is 15.6. The maximum atomic E-state index is 4.95. The molecule has 0 spiro atoms. The molecule has 2 nitrogen and oxygen atoms in total. The second-order valence-electron chi connectivity index (χ2n) is 2.62. The Balaban J connectivity index is 0.000000280. The molecule has 0 N–H and O–H groups in total. The molecule has 2 aromatic rings. The number of hydrogen-bond donors (Lipinski definition) is 0. The minimum absolute atomic E-state index is 0. The van der Waals surface area contributed by atoms with E-state index in [1.807, 2.05) is 48.5 Å². The molecule has 0 aliphatic rings. The number of rotatable bonds is 2. The molecule has 0 atom stereocenters. The van der Waals surface area contributed by atoms with Gasteiger partial charge in [0.05, 0.1) is 14.2 Å². The Morgan fingerprint density at radius 3 is 1.93 bits per heavy atom. The van der Waals surface area contributed by atoms with E-state index < -0.39 is 0 Å². The van der Waals surface area contributed by atoms with E-state index in [0.29, 0.717) is 0 Å². The van der Waals surface area contributed by atoms with Gasteiger partial charge in [-0.1, -0.05) is 0 Å². The second kappa shape index (κ2) is 8.49. The van der Waals surface area contributed by atoms with Crippen molar-refractivity contribution < 1.29 is 35.7 Å². The van der Waals surface area contributed by atoms with E-state index in [1.165, 1.54) is 0 Å². The minimum atomic E-state index is 0. The van der Waals surface area contributed by atoms with Gasteiger partial charge in [0.2, 0.25) is 0 Å². The molecule has 0 aliphatic carbocycles. The molecule has 84 valence electrons. The fraction of sp³-hybridized carbons (Fsp3) is 0.167. The Labute approximate surface area is 110 Å². The summed E-state index contributed by atoms with van der Waals surface area (Å²) in [4.78, 5) is 0. The zero-order valence-corrected chi connectivity index (χ0v) is 11.4. The van der Waals surface area contributed by atoms with E-state index in [1.54, 1.807) is 14.2 Å². The minimum Gasteiger partial charge on any atom is -0.748 e. The first-order valence-corrected chi connectivity index (χ1v) is 4.39. The first-order valence-electron chi connectivity index (χ1n) is 4.39. The van der Waals surface area contributed by atoms with Crippen LogP contribution in [0.25, 0.3) is 0 Å². The Morgan fingerprint density at radius 2 is 1.60 bits per heavy atom. The SMILES string of the molecule is COc1ccc[c-]1OC.[Zr].[cH-]1[cH-][cH-][cH-][cH-]1. The molecule has 3 heteroatoms. The standard InChI is InChI=1S/C7H9O2.C5H5.Zr/c1-8-6-4-3-5-7(6)9-2;1-2-4-5-3-1;/h3-5H,1-2H3;1-5H;/q-1;-5;. The smallest absolute Gasteiger partial charge is 0.0745 e. The van der Waals surface area contributed by atoms with Gasteiger partial charge in [0.25, 0.3) is 0 Å². The Kier molecular flexibility index (Phi) is 8.03. The quantitative estimate of drug-likeness (QED) is 0.788. The molecule has 2 aromatic carbocycles. The molecule has 15 heavy (non-hydrogen) atoms. The van der Waals surface area contributed by atoms with Crippen LogP contribution in [0.2, 0.25) is 0 Å². The summed E-state index contributed by atoms with van der Waals surface area (Å²) in [5.41, 5.74) is 0. The average molecular weight is 281 g/mol. The molecule has 0 fully saturated rings. The van der Waals surface area contributed by atoms with Crippen molar-refractivity contribution in [3.8, 4) is 11.5 Å². The van der Waals surface area contributed by atoms with Gasteiger partial charge in [0, 0.05) is 37.7 Å². The van der Waals surface area contributed by atoms with Crippen LogP contribution in [0, 0.1) is 0 Å². The van der Waals surface area contributed by atoms with Gasteiger partial charge in [0.15, 0.2) is 0 Å². The van der Waals surface area contributed by atoms with Crippen LogP contribution in [-0.2, 0) is 26.2 Å².